The summed E-state index contributed by atoms with van der Waals surface area (Å²) >= 11 is 0. The van der Waals surface area contributed by atoms with E-state index in [-0.39, 0.29) is 12.5 Å². The van der Waals surface area contributed by atoms with Crippen LogP contribution in [-0.2, 0) is 14.9 Å². The van der Waals surface area contributed by atoms with Gasteiger partial charge in [-0.25, -0.2) is 4.79 Å². The summed E-state index contributed by atoms with van der Waals surface area (Å²) in [4.78, 5) is 11.2. The van der Waals surface area contributed by atoms with Gasteiger partial charge in [0.15, 0.2) is 0 Å². The standard InChI is InChI=1S/C15H12O5S/c16-15(21(17,18)19)20-9-14-12-7-3-1-5-10(12)11-6-2-4-8-13(11)14/h1-8,14H,9H2,(H,17,18,19). The fraction of sp³-hybridized carbons (Fsp3) is 0.133. The summed E-state index contributed by atoms with van der Waals surface area (Å²) in [6, 6.07) is 15.4. The molecule has 108 valence electrons. The molecule has 0 saturated carbocycles. The zero-order valence-electron chi connectivity index (χ0n) is 10.9. The number of carbonyl (C=O) groups is 1. The lowest BCUT2D eigenvalue weighted by atomic mass is 9.98. The summed E-state index contributed by atoms with van der Waals surface area (Å²) in [7, 11) is -4.81. The Morgan fingerprint density at radius 2 is 1.48 bits per heavy atom. The molecule has 0 aromatic heterocycles. The molecule has 3 rings (SSSR count). The fourth-order valence-corrected chi connectivity index (χ4v) is 2.88. The van der Waals surface area contributed by atoms with Crippen LogP contribution in [0.3, 0.4) is 0 Å². The molecule has 1 aliphatic rings. The molecule has 0 atom stereocenters. The molecule has 0 unspecified atom stereocenters. The summed E-state index contributed by atoms with van der Waals surface area (Å²) in [6.07, 6.45) is 0. The van der Waals surface area contributed by atoms with Crippen molar-refractivity contribution in [2.24, 2.45) is 0 Å². The average Bonchev–Trinajstić information content (AvgIpc) is 2.78. The molecule has 2 aromatic rings. The van der Waals surface area contributed by atoms with Crippen LogP contribution in [0.5, 0.6) is 0 Å². The molecule has 0 saturated heterocycles. The highest BCUT2D eigenvalue weighted by Crippen LogP contribution is 2.44. The van der Waals surface area contributed by atoms with E-state index >= 15 is 0 Å². The van der Waals surface area contributed by atoms with Crippen LogP contribution in [0.4, 0.5) is 4.79 Å². The van der Waals surface area contributed by atoms with Gasteiger partial charge in [0.25, 0.3) is 0 Å². The van der Waals surface area contributed by atoms with Gasteiger partial charge in [-0.05, 0) is 22.3 Å². The van der Waals surface area contributed by atoms with Crippen molar-refractivity contribution < 1.29 is 22.5 Å². The fourth-order valence-electron chi connectivity index (χ4n) is 2.67. The summed E-state index contributed by atoms with van der Waals surface area (Å²) < 4.78 is 34.8. The molecular weight excluding hydrogens is 292 g/mol. The molecule has 1 aliphatic carbocycles. The van der Waals surface area contributed by atoms with Crippen molar-refractivity contribution in [1.82, 2.24) is 0 Å². The molecule has 0 amide bonds. The molecule has 0 spiro atoms. The van der Waals surface area contributed by atoms with Gasteiger partial charge in [-0.2, -0.15) is 8.42 Å². The number of hydrogen-bond acceptors (Lipinski definition) is 4. The third kappa shape index (κ3) is 2.43. The van der Waals surface area contributed by atoms with Gasteiger partial charge in [0.2, 0.25) is 0 Å². The van der Waals surface area contributed by atoms with Gasteiger partial charge in [0, 0.05) is 5.92 Å². The SMILES string of the molecule is O=C(OCC1c2ccccc2-c2ccccc21)S(=O)(=O)O. The van der Waals surface area contributed by atoms with Crippen LogP contribution >= 0.6 is 0 Å². The van der Waals surface area contributed by atoms with E-state index in [2.05, 4.69) is 0 Å². The Labute approximate surface area is 121 Å². The Kier molecular flexibility index (Phi) is 3.27. The number of rotatable bonds is 2. The van der Waals surface area contributed by atoms with Gasteiger partial charge in [0.1, 0.15) is 6.61 Å². The Balaban J connectivity index is 1.94. The number of carbonyl (C=O) groups excluding carboxylic acids is 1. The summed E-state index contributed by atoms with van der Waals surface area (Å²) in [5, 5.41) is -1.62. The number of hydrogen-bond donors (Lipinski definition) is 1. The lowest BCUT2D eigenvalue weighted by molar-refractivity contribution is 0.166. The monoisotopic (exact) mass is 304 g/mol. The second kappa shape index (κ2) is 4.98. The van der Waals surface area contributed by atoms with Crippen LogP contribution in [0.25, 0.3) is 11.1 Å². The minimum atomic E-state index is -4.81. The van der Waals surface area contributed by atoms with Crippen LogP contribution in [0.1, 0.15) is 17.0 Å². The first kappa shape index (κ1) is 13.8. The van der Waals surface area contributed by atoms with Gasteiger partial charge < -0.3 is 4.74 Å². The van der Waals surface area contributed by atoms with E-state index in [0.717, 1.165) is 22.3 Å². The number of fused-ring (bicyclic) bond motifs is 3. The summed E-state index contributed by atoms with van der Waals surface area (Å²) in [5.41, 5.74) is 4.03. The van der Waals surface area contributed by atoms with E-state index in [1.54, 1.807) is 0 Å². The van der Waals surface area contributed by atoms with Crippen LogP contribution in [-0.4, -0.2) is 24.9 Å². The molecule has 5 nitrogen and oxygen atoms in total. The maximum atomic E-state index is 11.2. The zero-order valence-corrected chi connectivity index (χ0v) is 11.7. The maximum Gasteiger partial charge on any atom is 0.451 e. The molecule has 0 heterocycles. The van der Waals surface area contributed by atoms with Crippen molar-refractivity contribution in [3.05, 3.63) is 59.7 Å². The Morgan fingerprint density at radius 3 is 1.95 bits per heavy atom. The molecule has 0 aliphatic heterocycles. The van der Waals surface area contributed by atoms with Crippen LogP contribution < -0.4 is 0 Å². The largest absolute Gasteiger partial charge is 0.451 e. The minimum absolute atomic E-state index is 0.132. The highest BCUT2D eigenvalue weighted by molar-refractivity contribution is 8.00. The predicted molar refractivity (Wildman–Crippen MR) is 76.6 cm³/mol. The summed E-state index contributed by atoms with van der Waals surface area (Å²) in [6.45, 7) is -0.132. The van der Waals surface area contributed by atoms with E-state index in [1.807, 2.05) is 48.5 Å². The van der Waals surface area contributed by atoms with Gasteiger partial charge >= 0.3 is 15.4 Å². The first-order chi connectivity index (χ1) is 9.98. The van der Waals surface area contributed by atoms with Gasteiger partial charge in [-0.1, -0.05) is 48.5 Å². The van der Waals surface area contributed by atoms with Crippen molar-refractivity contribution in [1.29, 1.82) is 0 Å². The van der Waals surface area contributed by atoms with Crippen LogP contribution in [0, 0.1) is 0 Å². The number of benzene rings is 2. The molecule has 21 heavy (non-hydrogen) atoms. The molecule has 0 fully saturated rings. The topological polar surface area (TPSA) is 80.7 Å². The van der Waals surface area contributed by atoms with Crippen molar-refractivity contribution in [3.8, 4) is 11.1 Å². The minimum Gasteiger partial charge on any atom is -0.451 e. The third-order valence-corrected chi connectivity index (χ3v) is 4.08. The highest BCUT2D eigenvalue weighted by Gasteiger charge is 2.30. The van der Waals surface area contributed by atoms with Gasteiger partial charge in [0.05, 0.1) is 0 Å². The Bertz CT molecular complexity index is 765. The second-order valence-corrected chi connectivity index (χ2v) is 6.05. The third-order valence-electron chi connectivity index (χ3n) is 3.54. The predicted octanol–water partition coefficient (Wildman–Crippen LogP) is 2.82. The molecular formula is C15H12O5S. The Morgan fingerprint density at radius 1 is 1.00 bits per heavy atom. The van der Waals surface area contributed by atoms with E-state index in [0.29, 0.717) is 0 Å². The van der Waals surface area contributed by atoms with Gasteiger partial charge in [-0.15, -0.1) is 0 Å². The smallest absolute Gasteiger partial charge is 0.451 e. The van der Waals surface area contributed by atoms with E-state index in [1.165, 1.54) is 0 Å². The summed E-state index contributed by atoms with van der Waals surface area (Å²) in [5.74, 6) is -0.233. The second-order valence-electron chi connectivity index (χ2n) is 4.76. The van der Waals surface area contributed by atoms with E-state index < -0.39 is 15.4 Å². The highest BCUT2D eigenvalue weighted by atomic mass is 32.2. The first-order valence-electron chi connectivity index (χ1n) is 6.31. The molecule has 0 bridgehead atoms. The van der Waals surface area contributed by atoms with Crippen LogP contribution in [0.2, 0.25) is 0 Å². The van der Waals surface area contributed by atoms with Gasteiger partial charge in [-0.3, -0.25) is 4.55 Å². The molecule has 0 radical (unpaired) electrons. The van der Waals surface area contributed by atoms with Crippen molar-refractivity contribution in [2.45, 2.75) is 5.92 Å². The maximum absolute atomic E-state index is 11.2. The normalized spacial score (nSPS) is 13.6. The average molecular weight is 304 g/mol. The first-order valence-corrected chi connectivity index (χ1v) is 7.75. The Hall–Kier alpha value is -2.18. The van der Waals surface area contributed by atoms with E-state index in [4.69, 9.17) is 9.29 Å². The lowest BCUT2D eigenvalue weighted by Gasteiger charge is -2.13. The molecule has 6 heteroatoms. The zero-order chi connectivity index (χ0) is 15.0. The number of ether oxygens (including phenoxy) is 1. The lowest BCUT2D eigenvalue weighted by Crippen LogP contribution is -2.18. The van der Waals surface area contributed by atoms with Crippen LogP contribution in [0.15, 0.2) is 48.5 Å². The van der Waals surface area contributed by atoms with Crippen molar-refractivity contribution in [3.63, 3.8) is 0 Å². The van der Waals surface area contributed by atoms with E-state index in [9.17, 15) is 13.2 Å². The van der Waals surface area contributed by atoms with Crippen molar-refractivity contribution >= 4 is 15.4 Å². The van der Waals surface area contributed by atoms with Crippen molar-refractivity contribution in [2.75, 3.05) is 6.61 Å². The quantitative estimate of drug-likeness (QED) is 0.681. The molecule has 1 N–H and O–H groups in total. The molecule has 2 aromatic carbocycles.